The first-order chi connectivity index (χ1) is 15.9. The van der Waals surface area contributed by atoms with Gasteiger partial charge < -0.3 is 20.1 Å². The molecule has 8 nitrogen and oxygen atoms in total. The molecular formula is C25H24N4O4. The Morgan fingerprint density at radius 3 is 2.48 bits per heavy atom. The Hall–Kier alpha value is -4.33. The lowest BCUT2D eigenvalue weighted by Crippen LogP contribution is -2.21. The summed E-state index contributed by atoms with van der Waals surface area (Å²) in [6.45, 7) is 4.57. The van der Waals surface area contributed by atoms with Crippen molar-refractivity contribution in [3.8, 4) is 11.5 Å². The van der Waals surface area contributed by atoms with Gasteiger partial charge >= 0.3 is 0 Å². The van der Waals surface area contributed by atoms with Gasteiger partial charge in [-0.15, -0.1) is 0 Å². The SMILES string of the molecule is CCn1c2ccccc2c2cc(NC(=O)C/C(C)=N/NC(=O)c3ccc(O)cc3O)ccc21. The molecule has 4 aromatic rings. The molecule has 2 amide bonds. The molecule has 0 aliphatic heterocycles. The van der Waals surface area contributed by atoms with Crippen LogP contribution in [-0.4, -0.2) is 32.3 Å². The minimum atomic E-state index is -0.648. The third kappa shape index (κ3) is 4.50. The highest BCUT2D eigenvalue weighted by Crippen LogP contribution is 2.31. The second kappa shape index (κ2) is 9.04. The number of carbonyl (C=O) groups excluding carboxylic acids is 2. The Morgan fingerprint density at radius 1 is 0.970 bits per heavy atom. The van der Waals surface area contributed by atoms with E-state index in [4.69, 9.17) is 0 Å². The normalized spacial score (nSPS) is 11.6. The zero-order valence-corrected chi connectivity index (χ0v) is 18.3. The largest absolute Gasteiger partial charge is 0.508 e. The lowest BCUT2D eigenvalue weighted by atomic mass is 10.1. The van der Waals surface area contributed by atoms with Crippen molar-refractivity contribution in [2.75, 3.05) is 5.32 Å². The maximum atomic E-state index is 12.5. The fraction of sp³-hybridized carbons (Fsp3) is 0.160. The molecule has 4 N–H and O–H groups in total. The summed E-state index contributed by atoms with van der Waals surface area (Å²) in [5.74, 6) is -1.43. The van der Waals surface area contributed by atoms with E-state index in [1.54, 1.807) is 6.92 Å². The van der Waals surface area contributed by atoms with Gasteiger partial charge in [0, 0.05) is 45.8 Å². The van der Waals surface area contributed by atoms with Gasteiger partial charge in [0.05, 0.1) is 12.0 Å². The molecule has 1 aromatic heterocycles. The van der Waals surface area contributed by atoms with E-state index in [0.717, 1.165) is 34.4 Å². The van der Waals surface area contributed by atoms with Crippen molar-refractivity contribution in [2.24, 2.45) is 5.10 Å². The molecule has 0 radical (unpaired) electrons. The number of hydrogen-bond donors (Lipinski definition) is 4. The van der Waals surface area contributed by atoms with Crippen LogP contribution in [0.15, 0.2) is 65.8 Å². The zero-order valence-electron chi connectivity index (χ0n) is 18.3. The summed E-state index contributed by atoms with van der Waals surface area (Å²) in [7, 11) is 0. The average molecular weight is 444 g/mol. The molecule has 0 aliphatic carbocycles. The summed E-state index contributed by atoms with van der Waals surface area (Å²) < 4.78 is 2.24. The first-order valence-electron chi connectivity index (χ1n) is 10.5. The predicted octanol–water partition coefficient (Wildman–Crippen LogP) is 4.36. The number of phenols is 2. The van der Waals surface area contributed by atoms with Crippen LogP contribution in [0.1, 0.15) is 30.6 Å². The van der Waals surface area contributed by atoms with Gasteiger partial charge in [-0.3, -0.25) is 9.59 Å². The van der Waals surface area contributed by atoms with Crippen molar-refractivity contribution in [2.45, 2.75) is 26.8 Å². The van der Waals surface area contributed by atoms with Crippen LogP contribution in [0.2, 0.25) is 0 Å². The van der Waals surface area contributed by atoms with E-state index in [1.165, 1.54) is 12.1 Å². The fourth-order valence-electron chi connectivity index (χ4n) is 3.87. The monoisotopic (exact) mass is 444 g/mol. The van der Waals surface area contributed by atoms with Gasteiger partial charge in [0.1, 0.15) is 11.5 Å². The van der Waals surface area contributed by atoms with Gasteiger partial charge in [0.25, 0.3) is 5.91 Å². The van der Waals surface area contributed by atoms with Gasteiger partial charge in [0.2, 0.25) is 5.91 Å². The molecule has 0 saturated heterocycles. The third-order valence-corrected chi connectivity index (χ3v) is 5.36. The standard InChI is InChI=1S/C25H24N4O4/c1-3-29-21-7-5-4-6-18(21)20-13-16(8-11-22(20)29)26-24(32)12-15(2)27-28-25(33)19-10-9-17(30)14-23(19)31/h4-11,13-14,30-31H,3,12H2,1-2H3,(H,26,32)(H,28,33)/b27-15+. The minimum absolute atomic E-state index is 0.0173. The highest BCUT2D eigenvalue weighted by atomic mass is 16.3. The minimum Gasteiger partial charge on any atom is -0.508 e. The van der Waals surface area contributed by atoms with Crippen LogP contribution in [0.4, 0.5) is 5.69 Å². The summed E-state index contributed by atoms with van der Waals surface area (Å²) in [4.78, 5) is 24.7. The molecule has 0 bridgehead atoms. The van der Waals surface area contributed by atoms with Gasteiger partial charge in [-0.25, -0.2) is 5.43 Å². The van der Waals surface area contributed by atoms with Crippen LogP contribution in [-0.2, 0) is 11.3 Å². The van der Waals surface area contributed by atoms with E-state index in [1.807, 2.05) is 30.3 Å². The zero-order chi connectivity index (χ0) is 23.5. The van der Waals surface area contributed by atoms with Crippen LogP contribution < -0.4 is 10.7 Å². The summed E-state index contributed by atoms with van der Waals surface area (Å²) in [5, 5.41) is 28.1. The molecule has 0 spiro atoms. The molecule has 0 saturated carbocycles. The molecule has 0 aliphatic rings. The Kier molecular flexibility index (Phi) is 5.99. The number of anilines is 1. The van der Waals surface area contributed by atoms with Gasteiger partial charge in [0.15, 0.2) is 0 Å². The molecule has 0 unspecified atom stereocenters. The number of amides is 2. The van der Waals surface area contributed by atoms with Crippen molar-refractivity contribution >= 4 is 45.0 Å². The van der Waals surface area contributed by atoms with Crippen LogP contribution >= 0.6 is 0 Å². The number of nitrogens with zero attached hydrogens (tertiary/aromatic N) is 2. The topological polar surface area (TPSA) is 116 Å². The predicted molar refractivity (Wildman–Crippen MR) is 129 cm³/mol. The van der Waals surface area contributed by atoms with Gasteiger partial charge in [-0.1, -0.05) is 18.2 Å². The van der Waals surface area contributed by atoms with E-state index in [2.05, 4.69) is 39.5 Å². The van der Waals surface area contributed by atoms with Crippen LogP contribution in [0.3, 0.4) is 0 Å². The first kappa shape index (κ1) is 21.9. The Bertz CT molecular complexity index is 1400. The van der Waals surface area contributed by atoms with Gasteiger partial charge in [-0.2, -0.15) is 5.10 Å². The molecule has 168 valence electrons. The molecule has 0 atom stereocenters. The molecule has 1 heterocycles. The smallest absolute Gasteiger partial charge is 0.275 e. The van der Waals surface area contributed by atoms with Crippen LogP contribution in [0.25, 0.3) is 21.8 Å². The Labute approximate surface area is 190 Å². The second-order valence-electron chi connectivity index (χ2n) is 7.71. The summed E-state index contributed by atoms with van der Waals surface area (Å²) in [5.41, 5.74) is 5.60. The number of aromatic hydroxyl groups is 2. The lowest BCUT2D eigenvalue weighted by molar-refractivity contribution is -0.115. The van der Waals surface area contributed by atoms with Crippen LogP contribution in [0.5, 0.6) is 11.5 Å². The number of phenolic OH excluding ortho intramolecular Hbond substituents is 2. The summed E-state index contributed by atoms with van der Waals surface area (Å²) in [6.07, 6.45) is -0.0173. The van der Waals surface area contributed by atoms with Crippen molar-refractivity contribution in [1.29, 1.82) is 0 Å². The second-order valence-corrected chi connectivity index (χ2v) is 7.71. The van der Waals surface area contributed by atoms with Gasteiger partial charge in [-0.05, 0) is 50.2 Å². The quantitative estimate of drug-likeness (QED) is 0.261. The maximum Gasteiger partial charge on any atom is 0.275 e. The van der Waals surface area contributed by atoms with Crippen molar-refractivity contribution in [3.05, 3.63) is 66.2 Å². The number of hydrazone groups is 1. The average Bonchev–Trinajstić information content (AvgIpc) is 3.10. The van der Waals surface area contributed by atoms with E-state index in [-0.39, 0.29) is 29.4 Å². The molecule has 4 rings (SSSR count). The number of hydrogen-bond acceptors (Lipinski definition) is 5. The number of rotatable bonds is 6. The molecule has 8 heteroatoms. The number of fused-ring (bicyclic) bond motifs is 3. The Morgan fingerprint density at radius 2 is 1.73 bits per heavy atom. The number of carbonyl (C=O) groups is 2. The van der Waals surface area contributed by atoms with Crippen molar-refractivity contribution < 1.29 is 19.8 Å². The molecule has 0 fully saturated rings. The number of aromatic nitrogens is 1. The van der Waals surface area contributed by atoms with E-state index in [9.17, 15) is 19.8 Å². The first-order valence-corrected chi connectivity index (χ1v) is 10.5. The third-order valence-electron chi connectivity index (χ3n) is 5.36. The summed E-state index contributed by atoms with van der Waals surface area (Å²) in [6, 6.07) is 17.6. The van der Waals surface area contributed by atoms with E-state index >= 15 is 0 Å². The summed E-state index contributed by atoms with van der Waals surface area (Å²) >= 11 is 0. The Balaban J connectivity index is 1.45. The number of aryl methyl sites for hydroxylation is 1. The van der Waals surface area contributed by atoms with Crippen molar-refractivity contribution in [3.63, 3.8) is 0 Å². The lowest BCUT2D eigenvalue weighted by Gasteiger charge is -2.07. The molecular weight excluding hydrogens is 420 g/mol. The van der Waals surface area contributed by atoms with Crippen LogP contribution in [0, 0.1) is 0 Å². The maximum absolute atomic E-state index is 12.5. The van der Waals surface area contributed by atoms with E-state index < -0.39 is 5.91 Å². The van der Waals surface area contributed by atoms with E-state index in [0.29, 0.717) is 11.4 Å². The molecule has 33 heavy (non-hydrogen) atoms. The fourth-order valence-corrected chi connectivity index (χ4v) is 3.87. The highest BCUT2D eigenvalue weighted by Gasteiger charge is 2.13. The molecule has 3 aromatic carbocycles. The highest BCUT2D eigenvalue weighted by molar-refractivity contribution is 6.11. The number of para-hydroxylation sites is 1. The number of benzene rings is 3. The van der Waals surface area contributed by atoms with Crippen molar-refractivity contribution in [1.82, 2.24) is 9.99 Å². The number of nitrogens with one attached hydrogen (secondary N) is 2.